The van der Waals surface area contributed by atoms with Crippen LogP contribution in [-0.4, -0.2) is 26.4 Å². The second-order valence-electron chi connectivity index (χ2n) is 9.25. The Labute approximate surface area is 213 Å². The van der Waals surface area contributed by atoms with Gasteiger partial charge in [-0.25, -0.2) is 4.39 Å². The van der Waals surface area contributed by atoms with Gasteiger partial charge in [-0.05, 0) is 59.9 Å². The number of benzene rings is 3. The molecule has 35 heavy (non-hydrogen) atoms. The van der Waals surface area contributed by atoms with Crippen LogP contribution < -0.4 is 5.32 Å². The summed E-state index contributed by atoms with van der Waals surface area (Å²) in [6, 6.07) is 20.3. The Hall–Kier alpha value is -3.16. The second-order valence-corrected chi connectivity index (χ2v) is 10.6. The van der Waals surface area contributed by atoms with Crippen molar-refractivity contribution in [3.8, 4) is 17.1 Å². The summed E-state index contributed by atoms with van der Waals surface area (Å²) in [5.74, 6) is 0.126. The summed E-state index contributed by atoms with van der Waals surface area (Å²) in [7, 11) is 0. The van der Waals surface area contributed by atoms with Gasteiger partial charge in [0.1, 0.15) is 5.82 Å². The average molecular weight is 509 g/mol. The smallest absolute Gasteiger partial charge is 0.234 e. The summed E-state index contributed by atoms with van der Waals surface area (Å²) < 4.78 is 15.7. The summed E-state index contributed by atoms with van der Waals surface area (Å²) >= 11 is 7.36. The molecule has 8 heteroatoms. The third-order valence-electron chi connectivity index (χ3n) is 5.52. The third kappa shape index (κ3) is 5.92. The van der Waals surface area contributed by atoms with Gasteiger partial charge in [-0.1, -0.05) is 74.5 Å². The lowest BCUT2D eigenvalue weighted by molar-refractivity contribution is -0.113. The van der Waals surface area contributed by atoms with Gasteiger partial charge >= 0.3 is 0 Å². The van der Waals surface area contributed by atoms with E-state index in [-0.39, 0.29) is 22.9 Å². The zero-order valence-corrected chi connectivity index (χ0v) is 21.5. The molecule has 0 radical (unpaired) electrons. The Morgan fingerprint density at radius 3 is 2.34 bits per heavy atom. The van der Waals surface area contributed by atoms with Crippen LogP contribution in [0.1, 0.15) is 31.9 Å². The van der Waals surface area contributed by atoms with Crippen molar-refractivity contribution < 1.29 is 9.18 Å². The average Bonchev–Trinajstić information content (AvgIpc) is 3.24. The molecule has 0 saturated carbocycles. The van der Waals surface area contributed by atoms with E-state index in [1.165, 1.54) is 23.4 Å². The van der Waals surface area contributed by atoms with E-state index in [1.54, 1.807) is 31.2 Å². The molecule has 5 nitrogen and oxygen atoms in total. The maximum absolute atomic E-state index is 13.8. The molecule has 0 unspecified atom stereocenters. The molecule has 0 spiro atoms. The Morgan fingerprint density at radius 2 is 1.71 bits per heavy atom. The molecule has 180 valence electrons. The second kappa shape index (κ2) is 10.2. The molecule has 1 heterocycles. The van der Waals surface area contributed by atoms with Crippen LogP contribution in [0.2, 0.25) is 5.02 Å². The van der Waals surface area contributed by atoms with Crippen LogP contribution >= 0.6 is 23.4 Å². The van der Waals surface area contributed by atoms with Gasteiger partial charge in [-0.3, -0.25) is 9.36 Å². The first-order valence-electron chi connectivity index (χ1n) is 11.1. The SMILES string of the molecule is Cc1ccc(NC(=O)CSc2nnc(-c3ccc(C(C)(C)C)cc3)n2-c2ccc(Cl)cc2)cc1F. The number of nitrogens with one attached hydrogen (secondary N) is 1. The van der Waals surface area contributed by atoms with Crippen molar-refractivity contribution >= 4 is 35.0 Å². The topological polar surface area (TPSA) is 59.8 Å². The number of rotatable bonds is 6. The molecule has 4 aromatic rings. The number of thioether (sulfide) groups is 1. The number of halogens is 2. The Morgan fingerprint density at radius 1 is 1.03 bits per heavy atom. The van der Waals surface area contributed by atoms with Crippen LogP contribution in [0, 0.1) is 12.7 Å². The number of hydrogen-bond donors (Lipinski definition) is 1. The fraction of sp³-hybridized carbons (Fsp3) is 0.222. The van der Waals surface area contributed by atoms with Gasteiger partial charge in [0.25, 0.3) is 0 Å². The van der Waals surface area contributed by atoms with Gasteiger partial charge in [-0.2, -0.15) is 0 Å². The number of aromatic nitrogens is 3. The minimum atomic E-state index is -0.361. The summed E-state index contributed by atoms with van der Waals surface area (Å²) in [5.41, 5.74) is 3.94. The van der Waals surface area contributed by atoms with Crippen molar-refractivity contribution in [2.24, 2.45) is 0 Å². The highest BCUT2D eigenvalue weighted by Gasteiger charge is 2.19. The molecule has 1 N–H and O–H groups in total. The maximum Gasteiger partial charge on any atom is 0.234 e. The van der Waals surface area contributed by atoms with Crippen molar-refractivity contribution in [2.75, 3.05) is 11.1 Å². The quantitative estimate of drug-likeness (QED) is 0.283. The Balaban J connectivity index is 1.60. The summed E-state index contributed by atoms with van der Waals surface area (Å²) in [5, 5.41) is 12.7. The van der Waals surface area contributed by atoms with Crippen LogP contribution in [0.4, 0.5) is 10.1 Å². The van der Waals surface area contributed by atoms with E-state index in [0.29, 0.717) is 27.3 Å². The lowest BCUT2D eigenvalue weighted by atomic mass is 9.87. The lowest BCUT2D eigenvalue weighted by Gasteiger charge is -2.19. The molecule has 0 atom stereocenters. The van der Waals surface area contributed by atoms with Gasteiger partial charge in [0, 0.05) is 22.0 Å². The third-order valence-corrected chi connectivity index (χ3v) is 6.70. The molecule has 4 rings (SSSR count). The number of nitrogens with zero attached hydrogens (tertiary/aromatic N) is 3. The standard InChI is InChI=1S/C27H26ClFN4OS/c1-17-5-12-21(15-23(17)29)30-24(34)16-35-26-32-31-25(33(26)22-13-10-20(28)11-14-22)18-6-8-19(9-7-18)27(2,3)4/h5-15H,16H2,1-4H3,(H,30,34). The predicted octanol–water partition coefficient (Wildman–Crippen LogP) is 7.06. The highest BCUT2D eigenvalue weighted by atomic mass is 35.5. The molecular formula is C27H26ClFN4OS. The summed E-state index contributed by atoms with van der Waals surface area (Å²) in [4.78, 5) is 12.6. The zero-order valence-electron chi connectivity index (χ0n) is 20.0. The van der Waals surface area contributed by atoms with Gasteiger partial charge < -0.3 is 5.32 Å². The maximum atomic E-state index is 13.8. The molecule has 1 aromatic heterocycles. The van der Waals surface area contributed by atoms with Crippen molar-refractivity contribution in [2.45, 2.75) is 38.3 Å². The van der Waals surface area contributed by atoms with Crippen molar-refractivity contribution in [3.63, 3.8) is 0 Å². The van der Waals surface area contributed by atoms with Gasteiger partial charge in [-0.15, -0.1) is 10.2 Å². The minimum absolute atomic E-state index is 0.0388. The van der Waals surface area contributed by atoms with Gasteiger partial charge in [0.05, 0.1) is 5.75 Å². The fourth-order valence-corrected chi connectivity index (χ4v) is 4.37. The summed E-state index contributed by atoms with van der Waals surface area (Å²) in [6.45, 7) is 8.18. The number of aryl methyl sites for hydroxylation is 1. The molecule has 3 aromatic carbocycles. The van der Waals surface area contributed by atoms with E-state index in [2.05, 4.69) is 48.4 Å². The van der Waals surface area contributed by atoms with Crippen LogP contribution in [0.15, 0.2) is 71.9 Å². The largest absolute Gasteiger partial charge is 0.325 e. The molecule has 0 bridgehead atoms. The van der Waals surface area contributed by atoms with Crippen molar-refractivity contribution in [1.29, 1.82) is 0 Å². The van der Waals surface area contributed by atoms with Gasteiger partial charge in [0.15, 0.2) is 11.0 Å². The molecule has 0 aliphatic heterocycles. The molecule has 0 aliphatic rings. The molecule has 0 saturated heterocycles. The number of anilines is 1. The number of hydrogen-bond acceptors (Lipinski definition) is 4. The Bertz CT molecular complexity index is 1350. The van der Waals surface area contributed by atoms with E-state index in [0.717, 1.165) is 11.3 Å². The van der Waals surface area contributed by atoms with Crippen LogP contribution in [0.25, 0.3) is 17.1 Å². The van der Waals surface area contributed by atoms with E-state index in [9.17, 15) is 9.18 Å². The monoisotopic (exact) mass is 508 g/mol. The highest BCUT2D eigenvalue weighted by molar-refractivity contribution is 7.99. The fourth-order valence-electron chi connectivity index (χ4n) is 3.49. The Kier molecular flexibility index (Phi) is 7.28. The predicted molar refractivity (Wildman–Crippen MR) is 141 cm³/mol. The van der Waals surface area contributed by atoms with Crippen LogP contribution in [0.3, 0.4) is 0 Å². The lowest BCUT2D eigenvalue weighted by Crippen LogP contribution is -2.14. The van der Waals surface area contributed by atoms with E-state index < -0.39 is 0 Å². The first kappa shape index (κ1) is 24.9. The van der Waals surface area contributed by atoms with Crippen molar-refractivity contribution in [1.82, 2.24) is 14.8 Å². The number of carbonyl (C=O) groups excluding carboxylic acids is 1. The van der Waals surface area contributed by atoms with Crippen molar-refractivity contribution in [3.05, 3.63) is 88.7 Å². The molecular weight excluding hydrogens is 483 g/mol. The van der Waals surface area contributed by atoms with Crippen LogP contribution in [0.5, 0.6) is 0 Å². The number of carbonyl (C=O) groups is 1. The highest BCUT2D eigenvalue weighted by Crippen LogP contribution is 2.30. The first-order valence-corrected chi connectivity index (χ1v) is 12.5. The zero-order chi connectivity index (χ0) is 25.2. The van der Waals surface area contributed by atoms with E-state index in [1.807, 2.05) is 28.8 Å². The molecule has 0 fully saturated rings. The summed E-state index contributed by atoms with van der Waals surface area (Å²) in [6.07, 6.45) is 0. The number of amides is 1. The molecule has 0 aliphatic carbocycles. The normalized spacial score (nSPS) is 11.5. The van der Waals surface area contributed by atoms with E-state index in [4.69, 9.17) is 11.6 Å². The molecule has 1 amide bonds. The first-order chi connectivity index (χ1) is 16.6. The van der Waals surface area contributed by atoms with E-state index >= 15 is 0 Å². The minimum Gasteiger partial charge on any atom is -0.325 e. The van der Waals surface area contributed by atoms with Gasteiger partial charge in [0.2, 0.25) is 5.91 Å². The van der Waals surface area contributed by atoms with Crippen LogP contribution in [-0.2, 0) is 10.2 Å².